The first-order valence-electron chi connectivity index (χ1n) is 12.4. The number of rotatable bonds is 6. The molecule has 6 rings (SSSR count). The van der Waals surface area contributed by atoms with E-state index in [0.29, 0.717) is 0 Å². The molecule has 5 nitrogen and oxygen atoms in total. The van der Waals surface area contributed by atoms with Gasteiger partial charge in [-0.25, -0.2) is 4.68 Å². The molecule has 0 spiro atoms. The third-order valence-electron chi connectivity index (χ3n) is 7.14. The Kier molecular flexibility index (Phi) is 5.65. The van der Waals surface area contributed by atoms with E-state index in [9.17, 15) is 0 Å². The molecule has 0 amide bonds. The second-order valence-corrected chi connectivity index (χ2v) is 9.13. The number of aromatic nitrogens is 3. The van der Waals surface area contributed by atoms with Gasteiger partial charge in [0.25, 0.3) is 0 Å². The van der Waals surface area contributed by atoms with Gasteiger partial charge in [-0.05, 0) is 49.2 Å². The lowest BCUT2D eigenvalue weighted by molar-refractivity contribution is 0.244. The maximum Gasteiger partial charge on any atom is 0.0740 e. The van der Waals surface area contributed by atoms with Crippen molar-refractivity contribution in [3.8, 4) is 16.9 Å². The number of hydrogen-bond acceptors (Lipinski definition) is 3. The van der Waals surface area contributed by atoms with Crippen LogP contribution in [-0.2, 0) is 13.0 Å². The molecule has 1 fully saturated rings. The lowest BCUT2D eigenvalue weighted by atomic mass is 10.1. The highest BCUT2D eigenvalue weighted by molar-refractivity contribution is 6.08. The number of fused-ring (bicyclic) bond motifs is 3. The van der Waals surface area contributed by atoms with Crippen molar-refractivity contribution in [3.05, 3.63) is 84.6 Å². The summed E-state index contributed by atoms with van der Waals surface area (Å²) in [6, 6.07) is 26.5. The Labute approximate surface area is 200 Å². The van der Waals surface area contributed by atoms with E-state index in [0.717, 1.165) is 57.1 Å². The van der Waals surface area contributed by atoms with Gasteiger partial charge < -0.3 is 14.8 Å². The Morgan fingerprint density at radius 3 is 2.47 bits per heavy atom. The monoisotopic (exact) mass is 449 g/mol. The van der Waals surface area contributed by atoms with Crippen LogP contribution in [0.2, 0.25) is 0 Å². The van der Waals surface area contributed by atoms with Crippen molar-refractivity contribution in [1.29, 1.82) is 0 Å². The van der Waals surface area contributed by atoms with E-state index in [1.807, 2.05) is 6.20 Å². The van der Waals surface area contributed by atoms with Gasteiger partial charge in [0.15, 0.2) is 0 Å². The Morgan fingerprint density at radius 1 is 0.853 bits per heavy atom. The molecular weight excluding hydrogens is 418 g/mol. The van der Waals surface area contributed by atoms with Crippen LogP contribution in [0.15, 0.2) is 79.0 Å². The molecule has 1 aliphatic heterocycles. The van der Waals surface area contributed by atoms with Crippen LogP contribution in [0, 0.1) is 0 Å². The predicted octanol–water partition coefficient (Wildman–Crippen LogP) is 5.11. The molecule has 2 aromatic heterocycles. The summed E-state index contributed by atoms with van der Waals surface area (Å²) in [6.45, 7) is 8.80. The first-order valence-corrected chi connectivity index (χ1v) is 12.4. The number of piperazine rings is 1. The Bertz CT molecular complexity index is 1420. The molecule has 3 heterocycles. The van der Waals surface area contributed by atoms with Gasteiger partial charge in [-0.3, -0.25) is 0 Å². The SMILES string of the molecule is CCn1c2ccccc2c2cc(-n3nccc3-c3ccc(CCN4CCNCC4)cc3)ccc21. The van der Waals surface area contributed by atoms with E-state index in [1.165, 1.54) is 32.9 Å². The topological polar surface area (TPSA) is 38.0 Å². The highest BCUT2D eigenvalue weighted by atomic mass is 15.3. The van der Waals surface area contributed by atoms with Gasteiger partial charge in [0.1, 0.15) is 0 Å². The smallest absolute Gasteiger partial charge is 0.0740 e. The molecule has 1 N–H and O–H groups in total. The van der Waals surface area contributed by atoms with Crippen LogP contribution in [-0.4, -0.2) is 52.0 Å². The molecule has 0 unspecified atom stereocenters. The molecule has 34 heavy (non-hydrogen) atoms. The summed E-state index contributed by atoms with van der Waals surface area (Å²) >= 11 is 0. The summed E-state index contributed by atoms with van der Waals surface area (Å²) < 4.78 is 4.45. The minimum Gasteiger partial charge on any atom is -0.341 e. The fourth-order valence-corrected chi connectivity index (χ4v) is 5.31. The number of nitrogens with zero attached hydrogens (tertiary/aromatic N) is 4. The van der Waals surface area contributed by atoms with Gasteiger partial charge in [-0.1, -0.05) is 42.5 Å². The lowest BCUT2D eigenvalue weighted by Gasteiger charge is -2.27. The Balaban J connectivity index is 1.29. The van der Waals surface area contributed by atoms with E-state index in [2.05, 4.69) is 99.2 Å². The van der Waals surface area contributed by atoms with Gasteiger partial charge in [-0.15, -0.1) is 0 Å². The molecule has 172 valence electrons. The predicted molar refractivity (Wildman–Crippen MR) is 141 cm³/mol. The third kappa shape index (κ3) is 3.81. The van der Waals surface area contributed by atoms with Gasteiger partial charge in [0.2, 0.25) is 0 Å². The summed E-state index contributed by atoms with van der Waals surface area (Å²) in [6.07, 6.45) is 2.99. The van der Waals surface area contributed by atoms with Crippen LogP contribution in [0.4, 0.5) is 0 Å². The van der Waals surface area contributed by atoms with Gasteiger partial charge in [0, 0.05) is 66.6 Å². The first kappa shape index (κ1) is 21.1. The van der Waals surface area contributed by atoms with E-state index in [4.69, 9.17) is 5.10 Å². The average Bonchev–Trinajstić information content (AvgIpc) is 3.51. The van der Waals surface area contributed by atoms with E-state index < -0.39 is 0 Å². The van der Waals surface area contributed by atoms with Crippen molar-refractivity contribution in [2.24, 2.45) is 0 Å². The molecule has 0 atom stereocenters. The van der Waals surface area contributed by atoms with Crippen LogP contribution < -0.4 is 5.32 Å². The minimum atomic E-state index is 0.956. The number of nitrogens with one attached hydrogen (secondary N) is 1. The molecule has 5 aromatic rings. The molecule has 0 aliphatic carbocycles. The van der Waals surface area contributed by atoms with Crippen molar-refractivity contribution in [3.63, 3.8) is 0 Å². The highest BCUT2D eigenvalue weighted by Gasteiger charge is 2.13. The van der Waals surface area contributed by atoms with Crippen molar-refractivity contribution in [1.82, 2.24) is 24.6 Å². The number of hydrogen-bond donors (Lipinski definition) is 1. The fourth-order valence-electron chi connectivity index (χ4n) is 5.31. The van der Waals surface area contributed by atoms with Crippen molar-refractivity contribution >= 4 is 21.8 Å². The molecule has 5 heteroatoms. The molecule has 3 aromatic carbocycles. The molecular formula is C29H31N5. The van der Waals surface area contributed by atoms with Crippen molar-refractivity contribution in [2.75, 3.05) is 32.7 Å². The summed E-state index contributed by atoms with van der Waals surface area (Å²) in [5.74, 6) is 0. The van der Waals surface area contributed by atoms with Crippen LogP contribution in [0.25, 0.3) is 38.8 Å². The molecule has 1 aliphatic rings. The maximum atomic E-state index is 4.69. The second-order valence-electron chi connectivity index (χ2n) is 9.13. The van der Waals surface area contributed by atoms with E-state index in [-0.39, 0.29) is 0 Å². The van der Waals surface area contributed by atoms with Crippen molar-refractivity contribution in [2.45, 2.75) is 19.9 Å². The summed E-state index contributed by atoms with van der Waals surface area (Å²) in [5.41, 5.74) is 7.35. The van der Waals surface area contributed by atoms with Gasteiger partial charge >= 0.3 is 0 Å². The minimum absolute atomic E-state index is 0.956. The fraction of sp³-hybridized carbons (Fsp3) is 0.276. The average molecular weight is 450 g/mol. The number of para-hydroxylation sites is 1. The zero-order chi connectivity index (χ0) is 22.9. The second kappa shape index (κ2) is 9.09. The largest absolute Gasteiger partial charge is 0.341 e. The maximum absolute atomic E-state index is 4.69. The number of aryl methyl sites for hydroxylation is 1. The lowest BCUT2D eigenvalue weighted by Crippen LogP contribution is -2.44. The zero-order valence-electron chi connectivity index (χ0n) is 19.7. The van der Waals surface area contributed by atoms with Gasteiger partial charge in [-0.2, -0.15) is 5.10 Å². The normalized spacial score (nSPS) is 14.9. The standard InChI is InChI=1S/C29H31N5/c1-2-33-28-6-4-3-5-25(28)26-21-24(11-12-29(26)33)34-27(13-15-31-34)23-9-7-22(8-10-23)14-18-32-19-16-30-17-20-32/h3-13,15,21,30H,2,14,16-20H2,1H3. The quantitative estimate of drug-likeness (QED) is 0.391. The van der Waals surface area contributed by atoms with Crippen LogP contribution in [0.3, 0.4) is 0 Å². The van der Waals surface area contributed by atoms with Crippen LogP contribution >= 0.6 is 0 Å². The first-order chi connectivity index (χ1) is 16.8. The highest BCUT2D eigenvalue weighted by Crippen LogP contribution is 2.32. The molecule has 1 saturated heterocycles. The summed E-state index contributed by atoms with van der Waals surface area (Å²) in [4.78, 5) is 2.55. The van der Waals surface area contributed by atoms with E-state index in [1.54, 1.807) is 0 Å². The molecule has 0 radical (unpaired) electrons. The Hall–Kier alpha value is -3.41. The number of benzene rings is 3. The van der Waals surface area contributed by atoms with E-state index >= 15 is 0 Å². The third-order valence-corrected chi connectivity index (χ3v) is 7.14. The Morgan fingerprint density at radius 2 is 1.65 bits per heavy atom. The van der Waals surface area contributed by atoms with Crippen LogP contribution in [0.1, 0.15) is 12.5 Å². The summed E-state index contributed by atoms with van der Waals surface area (Å²) in [7, 11) is 0. The van der Waals surface area contributed by atoms with Crippen LogP contribution in [0.5, 0.6) is 0 Å². The van der Waals surface area contributed by atoms with Crippen molar-refractivity contribution < 1.29 is 0 Å². The summed E-state index contributed by atoms with van der Waals surface area (Å²) in [5, 5.41) is 10.7. The zero-order valence-corrected chi connectivity index (χ0v) is 19.7. The molecule has 0 saturated carbocycles. The molecule has 0 bridgehead atoms. The van der Waals surface area contributed by atoms with Gasteiger partial charge in [0.05, 0.1) is 17.6 Å².